The molecule has 1 aliphatic carbocycles. The fourth-order valence-corrected chi connectivity index (χ4v) is 5.45. The Morgan fingerprint density at radius 2 is 2.00 bits per heavy atom. The zero-order valence-corrected chi connectivity index (χ0v) is 21.7. The molecule has 2 fully saturated rings. The molecule has 1 aliphatic heterocycles. The van der Waals surface area contributed by atoms with Crippen molar-refractivity contribution in [2.45, 2.75) is 75.9 Å². The number of fused-ring (bicyclic) bond motifs is 1. The minimum atomic E-state index is -4.51. The summed E-state index contributed by atoms with van der Waals surface area (Å²) in [5.74, 6) is -0.302. The summed E-state index contributed by atoms with van der Waals surface area (Å²) in [5, 5.41) is 6.29. The van der Waals surface area contributed by atoms with Crippen LogP contribution in [0.5, 0.6) is 0 Å². The van der Waals surface area contributed by atoms with E-state index in [2.05, 4.69) is 46.4 Å². The molecule has 0 unspecified atom stereocenters. The lowest BCUT2D eigenvalue weighted by atomic mass is 9.84. The van der Waals surface area contributed by atoms with Gasteiger partial charge in [-0.15, -0.1) is 0 Å². The first-order valence-corrected chi connectivity index (χ1v) is 12.8. The minimum Gasteiger partial charge on any atom is -0.404 e. The van der Waals surface area contributed by atoms with Crippen molar-refractivity contribution in [2.24, 2.45) is 5.73 Å². The Labute approximate surface area is 219 Å². The minimum absolute atomic E-state index is 0.169. The number of nitrogens with one attached hydrogen (secondary N) is 2. The zero-order chi connectivity index (χ0) is 27.6. The van der Waals surface area contributed by atoms with Crippen LogP contribution in [0.3, 0.4) is 0 Å². The number of carbonyl (C=O) groups is 2. The van der Waals surface area contributed by atoms with Gasteiger partial charge in [-0.25, -0.2) is 9.97 Å². The highest BCUT2D eigenvalue weighted by Gasteiger charge is 2.43. The lowest BCUT2D eigenvalue weighted by molar-refractivity contribution is -0.137. The molecule has 1 saturated carbocycles. The van der Waals surface area contributed by atoms with Gasteiger partial charge < -0.3 is 26.2 Å². The highest BCUT2D eigenvalue weighted by molar-refractivity contribution is 5.93. The summed E-state index contributed by atoms with van der Waals surface area (Å²) in [6.07, 6.45) is 1.92. The van der Waals surface area contributed by atoms with Crippen LogP contribution in [0, 0.1) is 0 Å². The predicted molar refractivity (Wildman–Crippen MR) is 138 cm³/mol. The second-order valence-corrected chi connectivity index (χ2v) is 10.2. The fourth-order valence-electron chi connectivity index (χ4n) is 5.45. The summed E-state index contributed by atoms with van der Waals surface area (Å²) < 4.78 is 39.9. The van der Waals surface area contributed by atoms with Gasteiger partial charge in [0.05, 0.1) is 23.2 Å². The average Bonchev–Trinajstić information content (AvgIpc) is 3.22. The molecule has 9 nitrogen and oxygen atoms in total. The molecule has 0 radical (unpaired) electrons. The van der Waals surface area contributed by atoms with Crippen LogP contribution in [-0.4, -0.2) is 75.4 Å². The van der Waals surface area contributed by atoms with E-state index in [1.165, 1.54) is 24.7 Å². The standard InChI is InChI=1S/C26H34F3N7O2/c1-15(2)35(3)17-5-7-22(21(13-17)33-23(37)8-10-30)36-11-9-20(25(36)38)34-24-18-12-16(26(27,28)29)4-6-19(18)31-14-32-24/h4,6,8,10,12,14-15,17,20-22H,5,7,9,11,13,30H2,1-3H3,(H,33,37)(H,31,32,34)/t17-,20+,21-,22+/m1/s1. The summed E-state index contributed by atoms with van der Waals surface area (Å²) in [6, 6.07) is 2.72. The third kappa shape index (κ3) is 5.85. The number of anilines is 1. The number of likely N-dealkylation sites (tertiary alicyclic amines) is 1. The summed E-state index contributed by atoms with van der Waals surface area (Å²) in [6.45, 7) is 4.69. The molecule has 2 aliphatic rings. The van der Waals surface area contributed by atoms with Gasteiger partial charge in [0.25, 0.3) is 0 Å². The van der Waals surface area contributed by atoms with Gasteiger partial charge in [0, 0.05) is 30.1 Å². The number of carbonyl (C=O) groups excluding carboxylic acids is 2. The maximum absolute atomic E-state index is 13.5. The Morgan fingerprint density at radius 3 is 2.68 bits per heavy atom. The maximum Gasteiger partial charge on any atom is 0.416 e. The third-order valence-corrected chi connectivity index (χ3v) is 7.67. The first-order chi connectivity index (χ1) is 18.0. The van der Waals surface area contributed by atoms with E-state index in [1.54, 1.807) is 4.90 Å². The van der Waals surface area contributed by atoms with Gasteiger partial charge >= 0.3 is 6.18 Å². The van der Waals surface area contributed by atoms with E-state index in [4.69, 9.17) is 5.73 Å². The van der Waals surface area contributed by atoms with E-state index in [0.717, 1.165) is 18.6 Å². The van der Waals surface area contributed by atoms with Crippen LogP contribution >= 0.6 is 0 Å². The number of hydrogen-bond donors (Lipinski definition) is 3. The lowest BCUT2D eigenvalue weighted by Crippen LogP contribution is -2.58. The molecule has 12 heteroatoms. The Balaban J connectivity index is 1.53. The van der Waals surface area contributed by atoms with Gasteiger partial charge in [-0.2, -0.15) is 13.2 Å². The second kappa shape index (κ2) is 11.1. The average molecular weight is 534 g/mol. The van der Waals surface area contributed by atoms with Crippen LogP contribution in [0.15, 0.2) is 36.8 Å². The van der Waals surface area contributed by atoms with Gasteiger partial charge in [0.1, 0.15) is 18.2 Å². The van der Waals surface area contributed by atoms with Gasteiger partial charge in [0.15, 0.2) is 0 Å². The molecule has 1 aromatic carbocycles. The van der Waals surface area contributed by atoms with E-state index < -0.39 is 17.8 Å². The van der Waals surface area contributed by atoms with Crippen molar-refractivity contribution in [1.82, 2.24) is 25.1 Å². The number of hydrogen-bond acceptors (Lipinski definition) is 7. The van der Waals surface area contributed by atoms with Crippen LogP contribution in [0.4, 0.5) is 19.0 Å². The number of benzene rings is 1. The molecule has 206 valence electrons. The van der Waals surface area contributed by atoms with Crippen molar-refractivity contribution in [1.29, 1.82) is 0 Å². The Bertz CT molecular complexity index is 1200. The Morgan fingerprint density at radius 1 is 1.24 bits per heavy atom. The number of halogens is 3. The highest BCUT2D eigenvalue weighted by Crippen LogP contribution is 2.34. The summed E-state index contributed by atoms with van der Waals surface area (Å²) in [4.78, 5) is 38.2. The topological polar surface area (TPSA) is 116 Å². The zero-order valence-electron chi connectivity index (χ0n) is 21.7. The largest absolute Gasteiger partial charge is 0.416 e. The second-order valence-electron chi connectivity index (χ2n) is 10.2. The van der Waals surface area contributed by atoms with Gasteiger partial charge in [-0.1, -0.05) is 0 Å². The first kappa shape index (κ1) is 27.6. The normalized spacial score (nSPS) is 24.6. The maximum atomic E-state index is 13.5. The highest BCUT2D eigenvalue weighted by atomic mass is 19.4. The van der Waals surface area contributed by atoms with Crippen LogP contribution in [-0.2, 0) is 15.8 Å². The van der Waals surface area contributed by atoms with E-state index in [1.807, 2.05) is 0 Å². The van der Waals surface area contributed by atoms with E-state index >= 15 is 0 Å². The predicted octanol–water partition coefficient (Wildman–Crippen LogP) is 2.88. The van der Waals surface area contributed by atoms with E-state index in [-0.39, 0.29) is 41.1 Å². The number of rotatable bonds is 7. The molecule has 2 heterocycles. The van der Waals surface area contributed by atoms with Gasteiger partial charge in [-0.05, 0) is 71.0 Å². The Kier molecular flexibility index (Phi) is 8.10. The van der Waals surface area contributed by atoms with Crippen molar-refractivity contribution in [3.8, 4) is 0 Å². The number of nitrogens with zero attached hydrogens (tertiary/aromatic N) is 4. The van der Waals surface area contributed by atoms with Gasteiger partial charge in [-0.3, -0.25) is 9.59 Å². The van der Waals surface area contributed by atoms with Crippen LogP contribution in [0.1, 0.15) is 45.1 Å². The molecule has 0 bridgehead atoms. The molecule has 1 saturated heterocycles. The van der Waals surface area contributed by atoms with Crippen molar-refractivity contribution in [3.05, 3.63) is 42.4 Å². The number of alkyl halides is 3. The van der Waals surface area contributed by atoms with Crippen molar-refractivity contribution >= 4 is 28.5 Å². The Hall–Kier alpha value is -3.41. The molecule has 4 atom stereocenters. The molecule has 4 N–H and O–H groups in total. The van der Waals surface area contributed by atoms with Crippen molar-refractivity contribution in [3.63, 3.8) is 0 Å². The van der Waals surface area contributed by atoms with Gasteiger partial charge in [0.2, 0.25) is 11.8 Å². The summed E-state index contributed by atoms with van der Waals surface area (Å²) >= 11 is 0. The van der Waals surface area contributed by atoms with E-state index in [9.17, 15) is 22.8 Å². The monoisotopic (exact) mass is 533 g/mol. The molecule has 4 rings (SSSR count). The molecule has 2 aromatic rings. The summed E-state index contributed by atoms with van der Waals surface area (Å²) in [5.41, 5.74) is 4.94. The first-order valence-electron chi connectivity index (χ1n) is 12.8. The molecule has 38 heavy (non-hydrogen) atoms. The van der Waals surface area contributed by atoms with Crippen molar-refractivity contribution < 1.29 is 22.8 Å². The van der Waals surface area contributed by atoms with Crippen molar-refractivity contribution in [2.75, 3.05) is 18.9 Å². The van der Waals surface area contributed by atoms with Crippen LogP contribution in [0.25, 0.3) is 10.9 Å². The molecular formula is C26H34F3N7O2. The van der Waals surface area contributed by atoms with Crippen LogP contribution < -0.4 is 16.4 Å². The SMILES string of the molecule is CC(C)N(C)[C@@H]1CC[C@H](N2CC[C@H](Nc3ncnc4ccc(C(F)(F)F)cc34)C2=O)[C@H](NC(=O)C=CN)C1. The third-order valence-electron chi connectivity index (χ3n) is 7.67. The summed E-state index contributed by atoms with van der Waals surface area (Å²) in [7, 11) is 2.06. The number of nitrogens with two attached hydrogens (primary N) is 1. The quantitative estimate of drug-likeness (QED) is 0.469. The van der Waals surface area contributed by atoms with E-state index in [0.29, 0.717) is 37.4 Å². The molecule has 0 spiro atoms. The molecule has 1 aromatic heterocycles. The van der Waals surface area contributed by atoms with Crippen LogP contribution in [0.2, 0.25) is 0 Å². The number of aromatic nitrogens is 2. The fraction of sp³-hybridized carbons (Fsp3) is 0.538. The molecule has 2 amide bonds. The smallest absolute Gasteiger partial charge is 0.404 e. The lowest BCUT2D eigenvalue weighted by Gasteiger charge is -2.44. The molecular weight excluding hydrogens is 499 g/mol. The number of amides is 2.